The van der Waals surface area contributed by atoms with Crippen molar-refractivity contribution in [3.63, 3.8) is 0 Å². The third kappa shape index (κ3) is 2.93. The zero-order chi connectivity index (χ0) is 16.2. The predicted octanol–water partition coefficient (Wildman–Crippen LogP) is 3.63. The first kappa shape index (κ1) is 15.9. The number of ether oxygens (including phenoxy) is 2. The Balaban J connectivity index is 1.28. The highest BCUT2D eigenvalue weighted by atomic mass is 16.6. The minimum Gasteiger partial charge on any atom is -0.481 e. The van der Waals surface area contributed by atoms with E-state index in [-0.39, 0.29) is 12.0 Å². The maximum Gasteiger partial charge on any atom is 0.310 e. The molecule has 4 aliphatic rings. The standard InChI is InChI=1S/C19H30O4/c1-11-7-14-16(22-14)9-13(11)5-3-4-6-19(18(20)21)10-17-15(23-17)8-12(19)2/h11-17H,3-10H2,1-2H3,(H,20,21). The number of rotatable bonds is 6. The molecule has 0 aromatic rings. The van der Waals surface area contributed by atoms with Crippen molar-refractivity contribution in [3.8, 4) is 0 Å². The number of epoxide rings is 2. The molecule has 2 heterocycles. The molecule has 0 amide bonds. The van der Waals surface area contributed by atoms with Crippen molar-refractivity contribution in [1.82, 2.24) is 0 Å². The lowest BCUT2D eigenvalue weighted by molar-refractivity contribution is -0.154. The highest BCUT2D eigenvalue weighted by molar-refractivity contribution is 5.75. The van der Waals surface area contributed by atoms with E-state index in [0.717, 1.165) is 43.9 Å². The molecule has 23 heavy (non-hydrogen) atoms. The van der Waals surface area contributed by atoms with Crippen molar-refractivity contribution in [1.29, 1.82) is 0 Å². The van der Waals surface area contributed by atoms with E-state index in [4.69, 9.17) is 9.47 Å². The fourth-order valence-electron chi connectivity index (χ4n) is 5.39. The van der Waals surface area contributed by atoms with Gasteiger partial charge in [-0.05, 0) is 49.9 Å². The summed E-state index contributed by atoms with van der Waals surface area (Å²) >= 11 is 0. The van der Waals surface area contributed by atoms with Crippen molar-refractivity contribution < 1.29 is 19.4 Å². The van der Waals surface area contributed by atoms with E-state index in [2.05, 4.69) is 13.8 Å². The minimum atomic E-state index is -0.598. The normalized spacial score (nSPS) is 50.8. The van der Waals surface area contributed by atoms with E-state index in [1.54, 1.807) is 0 Å². The smallest absolute Gasteiger partial charge is 0.310 e. The second-order valence-electron chi connectivity index (χ2n) is 8.68. The molecule has 4 nitrogen and oxygen atoms in total. The van der Waals surface area contributed by atoms with Crippen LogP contribution in [0.5, 0.6) is 0 Å². The second-order valence-corrected chi connectivity index (χ2v) is 8.68. The van der Waals surface area contributed by atoms with E-state index in [1.165, 1.54) is 19.3 Å². The largest absolute Gasteiger partial charge is 0.481 e. The van der Waals surface area contributed by atoms with Crippen molar-refractivity contribution >= 4 is 5.97 Å². The molecule has 8 atom stereocenters. The van der Waals surface area contributed by atoms with Crippen LogP contribution in [0.2, 0.25) is 0 Å². The Hall–Kier alpha value is -0.610. The summed E-state index contributed by atoms with van der Waals surface area (Å²) in [6, 6.07) is 0. The molecule has 0 aromatic carbocycles. The summed E-state index contributed by atoms with van der Waals surface area (Å²) in [4.78, 5) is 12.0. The van der Waals surface area contributed by atoms with Crippen molar-refractivity contribution in [3.05, 3.63) is 0 Å². The van der Waals surface area contributed by atoms with Gasteiger partial charge in [-0.3, -0.25) is 4.79 Å². The van der Waals surface area contributed by atoms with Gasteiger partial charge in [0.2, 0.25) is 0 Å². The maximum atomic E-state index is 12.0. The molecule has 0 bridgehead atoms. The highest BCUT2D eigenvalue weighted by Crippen LogP contribution is 2.52. The molecule has 0 aromatic heterocycles. The quantitative estimate of drug-likeness (QED) is 0.599. The average Bonchev–Trinajstić information content (AvgIpc) is 3.38. The Labute approximate surface area is 138 Å². The lowest BCUT2D eigenvalue weighted by Gasteiger charge is -2.37. The summed E-state index contributed by atoms with van der Waals surface area (Å²) in [6.07, 6.45) is 10.0. The van der Waals surface area contributed by atoms with Crippen LogP contribution in [-0.2, 0) is 14.3 Å². The fraction of sp³-hybridized carbons (Fsp3) is 0.947. The topological polar surface area (TPSA) is 62.4 Å². The third-order valence-corrected chi connectivity index (χ3v) is 7.29. The first-order chi connectivity index (χ1) is 11.0. The lowest BCUT2D eigenvalue weighted by atomic mass is 9.64. The van der Waals surface area contributed by atoms with Gasteiger partial charge in [0.05, 0.1) is 29.8 Å². The van der Waals surface area contributed by atoms with Crippen LogP contribution in [0.3, 0.4) is 0 Å². The molecule has 2 aliphatic carbocycles. The number of fused-ring (bicyclic) bond motifs is 2. The van der Waals surface area contributed by atoms with Crippen LogP contribution in [0.4, 0.5) is 0 Å². The molecule has 4 heteroatoms. The van der Waals surface area contributed by atoms with Gasteiger partial charge in [0.1, 0.15) is 0 Å². The predicted molar refractivity (Wildman–Crippen MR) is 86.1 cm³/mol. The zero-order valence-corrected chi connectivity index (χ0v) is 14.4. The van der Waals surface area contributed by atoms with Crippen LogP contribution < -0.4 is 0 Å². The molecule has 2 aliphatic heterocycles. The summed E-state index contributed by atoms with van der Waals surface area (Å²) in [5, 5.41) is 9.85. The summed E-state index contributed by atoms with van der Waals surface area (Å²) in [7, 11) is 0. The summed E-state index contributed by atoms with van der Waals surface area (Å²) < 4.78 is 11.3. The minimum absolute atomic E-state index is 0.226. The van der Waals surface area contributed by atoms with Crippen LogP contribution in [0.15, 0.2) is 0 Å². The first-order valence-electron chi connectivity index (χ1n) is 9.54. The van der Waals surface area contributed by atoms with Gasteiger partial charge >= 0.3 is 5.97 Å². The molecule has 0 radical (unpaired) electrons. The molecule has 130 valence electrons. The van der Waals surface area contributed by atoms with Gasteiger partial charge in [0.25, 0.3) is 0 Å². The van der Waals surface area contributed by atoms with Gasteiger partial charge in [-0.25, -0.2) is 0 Å². The monoisotopic (exact) mass is 322 g/mol. The fourth-order valence-corrected chi connectivity index (χ4v) is 5.39. The Morgan fingerprint density at radius 1 is 1.04 bits per heavy atom. The van der Waals surface area contributed by atoms with E-state index in [0.29, 0.717) is 18.3 Å². The molecular formula is C19H30O4. The van der Waals surface area contributed by atoms with E-state index in [1.807, 2.05) is 0 Å². The van der Waals surface area contributed by atoms with Crippen LogP contribution in [0, 0.1) is 23.2 Å². The van der Waals surface area contributed by atoms with Gasteiger partial charge in [-0.1, -0.05) is 33.1 Å². The molecule has 2 saturated heterocycles. The number of unbranched alkanes of at least 4 members (excludes halogenated alkanes) is 1. The summed E-state index contributed by atoms with van der Waals surface area (Å²) in [5.74, 6) is 1.18. The first-order valence-corrected chi connectivity index (χ1v) is 9.54. The molecule has 2 saturated carbocycles. The average molecular weight is 322 g/mol. The van der Waals surface area contributed by atoms with E-state index < -0.39 is 11.4 Å². The summed E-state index contributed by atoms with van der Waals surface area (Å²) in [5.41, 5.74) is -0.541. The van der Waals surface area contributed by atoms with Crippen LogP contribution in [0.25, 0.3) is 0 Å². The number of carboxylic acid groups (broad SMARTS) is 1. The maximum absolute atomic E-state index is 12.0. The molecule has 4 rings (SSSR count). The molecule has 8 unspecified atom stereocenters. The molecule has 0 spiro atoms. The molecular weight excluding hydrogens is 292 g/mol. The summed E-state index contributed by atoms with van der Waals surface area (Å²) in [6.45, 7) is 4.47. The number of hydrogen-bond donors (Lipinski definition) is 1. The van der Waals surface area contributed by atoms with E-state index in [9.17, 15) is 9.90 Å². The zero-order valence-electron chi connectivity index (χ0n) is 14.4. The van der Waals surface area contributed by atoms with Crippen LogP contribution in [0.1, 0.15) is 65.2 Å². The van der Waals surface area contributed by atoms with E-state index >= 15 is 0 Å². The van der Waals surface area contributed by atoms with Gasteiger partial charge in [0, 0.05) is 0 Å². The number of carboxylic acids is 1. The van der Waals surface area contributed by atoms with Gasteiger partial charge in [0.15, 0.2) is 0 Å². The van der Waals surface area contributed by atoms with Gasteiger partial charge in [-0.2, -0.15) is 0 Å². The Morgan fingerprint density at radius 2 is 1.74 bits per heavy atom. The SMILES string of the molecule is CC1CC2OC2CC1CCCCC1(C(=O)O)CC2OC2CC1C. The Kier molecular flexibility index (Phi) is 3.96. The van der Waals surface area contributed by atoms with Crippen LogP contribution in [-0.4, -0.2) is 35.5 Å². The Bertz CT molecular complexity index is 478. The van der Waals surface area contributed by atoms with Crippen molar-refractivity contribution in [2.24, 2.45) is 23.2 Å². The van der Waals surface area contributed by atoms with Crippen molar-refractivity contribution in [2.45, 2.75) is 89.6 Å². The highest BCUT2D eigenvalue weighted by Gasteiger charge is 2.57. The molecule has 4 fully saturated rings. The van der Waals surface area contributed by atoms with Crippen molar-refractivity contribution in [2.75, 3.05) is 0 Å². The molecule has 1 N–H and O–H groups in total. The van der Waals surface area contributed by atoms with Crippen LogP contribution >= 0.6 is 0 Å². The third-order valence-electron chi connectivity index (χ3n) is 7.29. The lowest BCUT2D eigenvalue weighted by Crippen LogP contribution is -2.42. The Morgan fingerprint density at radius 3 is 2.52 bits per heavy atom. The number of hydrogen-bond acceptors (Lipinski definition) is 3. The van der Waals surface area contributed by atoms with Gasteiger partial charge in [-0.15, -0.1) is 0 Å². The van der Waals surface area contributed by atoms with Gasteiger partial charge < -0.3 is 14.6 Å². The number of aliphatic carboxylic acids is 1. The number of carbonyl (C=O) groups is 1. The second kappa shape index (κ2) is 5.73.